The zero-order chi connectivity index (χ0) is 13.7. The third-order valence-electron chi connectivity index (χ3n) is 5.01. The minimum atomic E-state index is -0.635. The van der Waals surface area contributed by atoms with Gasteiger partial charge in [0, 0.05) is 38.6 Å². The molecule has 0 aromatic rings. The Kier molecular flexibility index (Phi) is 5.43. The minimum Gasteiger partial charge on any atom is -0.385 e. The third kappa shape index (κ3) is 4.04. The summed E-state index contributed by atoms with van der Waals surface area (Å²) in [5.41, 5.74) is -0.635. The van der Waals surface area contributed by atoms with Gasteiger partial charge in [0.05, 0.1) is 5.60 Å². The molecule has 1 N–H and O–H groups in total. The van der Waals surface area contributed by atoms with Gasteiger partial charge >= 0.3 is 0 Å². The topological polar surface area (TPSA) is 26.7 Å². The maximum Gasteiger partial charge on any atom is 0.0865 e. The number of piperazine rings is 1. The van der Waals surface area contributed by atoms with Gasteiger partial charge in [-0.2, -0.15) is 0 Å². The zero-order valence-corrected chi connectivity index (χ0v) is 12.5. The molecule has 2 unspecified atom stereocenters. The van der Waals surface area contributed by atoms with Crippen LogP contribution in [0.5, 0.6) is 0 Å². The fourth-order valence-electron chi connectivity index (χ4n) is 3.47. The van der Waals surface area contributed by atoms with Crippen LogP contribution in [0.15, 0.2) is 12.7 Å². The summed E-state index contributed by atoms with van der Waals surface area (Å²) in [6, 6.07) is 0. The van der Waals surface area contributed by atoms with Gasteiger partial charge in [0.1, 0.15) is 0 Å². The average Bonchev–Trinajstić information content (AvgIpc) is 2.41. The fraction of sp³-hybridized carbons (Fsp3) is 0.875. The van der Waals surface area contributed by atoms with Crippen LogP contribution in [0.3, 0.4) is 0 Å². The van der Waals surface area contributed by atoms with Crippen molar-refractivity contribution in [2.45, 2.75) is 44.1 Å². The molecule has 110 valence electrons. The molecule has 3 nitrogen and oxygen atoms in total. The summed E-state index contributed by atoms with van der Waals surface area (Å²) in [5, 5.41) is 10.9. The van der Waals surface area contributed by atoms with Crippen LogP contribution in [-0.4, -0.2) is 60.3 Å². The first-order valence-corrected chi connectivity index (χ1v) is 7.91. The number of rotatable bonds is 3. The van der Waals surface area contributed by atoms with Gasteiger partial charge in [0.2, 0.25) is 0 Å². The molecule has 3 heteroatoms. The summed E-state index contributed by atoms with van der Waals surface area (Å²) >= 11 is 0. The van der Waals surface area contributed by atoms with Crippen molar-refractivity contribution in [2.24, 2.45) is 5.92 Å². The predicted molar refractivity (Wildman–Crippen MR) is 80.3 cm³/mol. The maximum absolute atomic E-state index is 10.9. The van der Waals surface area contributed by atoms with E-state index in [1.54, 1.807) is 0 Å². The van der Waals surface area contributed by atoms with Crippen molar-refractivity contribution in [3.05, 3.63) is 12.7 Å². The van der Waals surface area contributed by atoms with E-state index in [2.05, 4.69) is 23.4 Å². The van der Waals surface area contributed by atoms with E-state index in [1.165, 1.54) is 19.3 Å². The van der Waals surface area contributed by atoms with E-state index in [1.807, 2.05) is 6.08 Å². The lowest BCUT2D eigenvalue weighted by Gasteiger charge is -2.41. The Morgan fingerprint density at radius 2 is 1.84 bits per heavy atom. The number of aliphatic hydroxyl groups is 1. The quantitative estimate of drug-likeness (QED) is 0.793. The first-order valence-electron chi connectivity index (χ1n) is 7.91. The second kappa shape index (κ2) is 6.87. The fourth-order valence-corrected chi connectivity index (χ4v) is 3.47. The second-order valence-electron chi connectivity index (χ2n) is 6.45. The molecule has 0 radical (unpaired) electrons. The molecule has 1 aliphatic carbocycles. The lowest BCUT2D eigenvalue weighted by Crippen LogP contribution is -2.50. The van der Waals surface area contributed by atoms with Crippen molar-refractivity contribution in [3.8, 4) is 0 Å². The van der Waals surface area contributed by atoms with Gasteiger partial charge in [-0.15, -0.1) is 6.58 Å². The molecule has 1 heterocycles. The Balaban J connectivity index is 1.95. The molecule has 2 aliphatic rings. The van der Waals surface area contributed by atoms with E-state index in [-0.39, 0.29) is 0 Å². The largest absolute Gasteiger partial charge is 0.385 e. The molecular formula is C16H30N2O. The molecule has 0 aromatic heterocycles. The van der Waals surface area contributed by atoms with Crippen molar-refractivity contribution in [2.75, 3.05) is 39.8 Å². The van der Waals surface area contributed by atoms with Gasteiger partial charge in [-0.1, -0.05) is 31.8 Å². The van der Waals surface area contributed by atoms with E-state index in [9.17, 15) is 5.11 Å². The number of likely N-dealkylation sites (N-methyl/N-ethyl adjacent to an activating group) is 1. The summed E-state index contributed by atoms with van der Waals surface area (Å²) in [7, 11) is 2.19. The molecule has 0 spiro atoms. The molecule has 2 rings (SSSR count). The summed E-state index contributed by atoms with van der Waals surface area (Å²) in [5.74, 6) is 0.369. The molecule has 1 aliphatic heterocycles. The van der Waals surface area contributed by atoms with Gasteiger partial charge in [-0.05, 0) is 19.9 Å². The lowest BCUT2D eigenvalue weighted by molar-refractivity contribution is -0.0128. The van der Waals surface area contributed by atoms with Crippen LogP contribution in [0.1, 0.15) is 38.5 Å². The highest BCUT2D eigenvalue weighted by Crippen LogP contribution is 2.33. The van der Waals surface area contributed by atoms with Crippen LogP contribution in [0, 0.1) is 5.92 Å². The van der Waals surface area contributed by atoms with Gasteiger partial charge < -0.3 is 14.9 Å². The Morgan fingerprint density at radius 3 is 2.53 bits per heavy atom. The Hall–Kier alpha value is -0.380. The van der Waals surface area contributed by atoms with Crippen LogP contribution in [0.25, 0.3) is 0 Å². The summed E-state index contributed by atoms with van der Waals surface area (Å²) in [6.45, 7) is 9.53. The summed E-state index contributed by atoms with van der Waals surface area (Å²) < 4.78 is 0. The van der Waals surface area contributed by atoms with Crippen LogP contribution < -0.4 is 0 Å². The number of hydrogen-bond acceptors (Lipinski definition) is 3. The maximum atomic E-state index is 10.9. The Morgan fingerprint density at radius 1 is 1.16 bits per heavy atom. The first kappa shape index (κ1) is 15.0. The van der Waals surface area contributed by atoms with Crippen molar-refractivity contribution < 1.29 is 5.11 Å². The van der Waals surface area contributed by atoms with E-state index in [0.717, 1.165) is 52.0 Å². The van der Waals surface area contributed by atoms with Crippen LogP contribution in [-0.2, 0) is 0 Å². The van der Waals surface area contributed by atoms with Crippen LogP contribution in [0.4, 0.5) is 0 Å². The molecule has 2 atom stereocenters. The Bertz CT molecular complexity index is 286. The minimum absolute atomic E-state index is 0.369. The SMILES string of the molecule is C=CC1(O)CCCCCCC1CN1CCN(C)CC1. The standard InChI is InChI=1S/C16H30N2O/c1-3-16(19)9-7-5-4-6-8-15(16)14-18-12-10-17(2)11-13-18/h3,15,19H,1,4-14H2,2H3. The van der Waals surface area contributed by atoms with Gasteiger partial charge in [0.25, 0.3) is 0 Å². The van der Waals surface area contributed by atoms with Gasteiger partial charge in [-0.3, -0.25) is 0 Å². The molecule has 0 amide bonds. The highest BCUT2D eigenvalue weighted by molar-refractivity contribution is 5.02. The van der Waals surface area contributed by atoms with E-state index in [0.29, 0.717) is 5.92 Å². The number of nitrogens with zero attached hydrogens (tertiary/aromatic N) is 2. The second-order valence-corrected chi connectivity index (χ2v) is 6.45. The smallest absolute Gasteiger partial charge is 0.0865 e. The molecular weight excluding hydrogens is 236 g/mol. The van der Waals surface area contributed by atoms with Crippen molar-refractivity contribution in [1.82, 2.24) is 9.80 Å². The molecule has 2 fully saturated rings. The third-order valence-corrected chi connectivity index (χ3v) is 5.01. The van der Waals surface area contributed by atoms with E-state index >= 15 is 0 Å². The molecule has 19 heavy (non-hydrogen) atoms. The number of hydrogen-bond donors (Lipinski definition) is 1. The highest BCUT2D eigenvalue weighted by Gasteiger charge is 2.35. The normalized spacial score (nSPS) is 35.6. The molecule has 1 saturated heterocycles. The predicted octanol–water partition coefficient (Wildman–Crippen LogP) is 2.12. The van der Waals surface area contributed by atoms with Crippen molar-refractivity contribution >= 4 is 0 Å². The van der Waals surface area contributed by atoms with E-state index < -0.39 is 5.60 Å². The molecule has 1 saturated carbocycles. The average molecular weight is 266 g/mol. The van der Waals surface area contributed by atoms with Gasteiger partial charge in [-0.25, -0.2) is 0 Å². The van der Waals surface area contributed by atoms with Crippen molar-refractivity contribution in [1.29, 1.82) is 0 Å². The van der Waals surface area contributed by atoms with Gasteiger partial charge in [0.15, 0.2) is 0 Å². The van der Waals surface area contributed by atoms with Crippen LogP contribution >= 0.6 is 0 Å². The highest BCUT2D eigenvalue weighted by atomic mass is 16.3. The summed E-state index contributed by atoms with van der Waals surface area (Å²) in [4.78, 5) is 4.91. The van der Waals surface area contributed by atoms with Crippen LogP contribution in [0.2, 0.25) is 0 Å². The monoisotopic (exact) mass is 266 g/mol. The summed E-state index contributed by atoms with van der Waals surface area (Å²) in [6.07, 6.45) is 8.85. The Labute approximate surface area is 118 Å². The first-order chi connectivity index (χ1) is 9.14. The van der Waals surface area contributed by atoms with E-state index in [4.69, 9.17) is 0 Å². The molecule has 0 bridgehead atoms. The molecule has 0 aromatic carbocycles. The lowest BCUT2D eigenvalue weighted by atomic mass is 9.77. The zero-order valence-electron chi connectivity index (χ0n) is 12.5. The van der Waals surface area contributed by atoms with Crippen molar-refractivity contribution in [3.63, 3.8) is 0 Å².